The van der Waals surface area contributed by atoms with Crippen LogP contribution in [0.1, 0.15) is 21.6 Å². The van der Waals surface area contributed by atoms with Crippen molar-refractivity contribution in [2.75, 3.05) is 10.7 Å². The molecule has 0 fully saturated rings. The van der Waals surface area contributed by atoms with E-state index in [9.17, 15) is 4.79 Å². The van der Waals surface area contributed by atoms with Gasteiger partial charge in [-0.3, -0.25) is 20.6 Å². The Hall–Kier alpha value is -2.47. The number of amides is 1. The third-order valence-corrected chi connectivity index (χ3v) is 2.81. The predicted molar refractivity (Wildman–Crippen MR) is 73.7 cm³/mol. The number of hydrazine groups is 1. The highest BCUT2D eigenvalue weighted by Gasteiger charge is 2.13. The molecule has 2 aromatic rings. The first-order valence-electron chi connectivity index (χ1n) is 5.77. The number of hydrogen-bond donors (Lipinski definition) is 3. The van der Waals surface area contributed by atoms with E-state index in [0.717, 1.165) is 11.3 Å². The van der Waals surface area contributed by atoms with Gasteiger partial charge in [0.1, 0.15) is 0 Å². The highest BCUT2D eigenvalue weighted by Crippen LogP contribution is 2.20. The topological polar surface area (TPSA) is 92.9 Å². The molecule has 6 nitrogen and oxygen atoms in total. The van der Waals surface area contributed by atoms with Gasteiger partial charge in [-0.25, -0.2) is 0 Å². The van der Waals surface area contributed by atoms with Crippen molar-refractivity contribution in [3.8, 4) is 0 Å². The minimum absolute atomic E-state index is 0.278. The van der Waals surface area contributed by atoms with Gasteiger partial charge in [0.05, 0.1) is 22.6 Å². The first-order valence-corrected chi connectivity index (χ1v) is 5.77. The van der Waals surface area contributed by atoms with Crippen LogP contribution < -0.4 is 16.6 Å². The highest BCUT2D eigenvalue weighted by atomic mass is 16.1. The van der Waals surface area contributed by atoms with Gasteiger partial charge in [-0.2, -0.15) is 0 Å². The summed E-state index contributed by atoms with van der Waals surface area (Å²) in [6, 6.07) is 3.48. The van der Waals surface area contributed by atoms with Crippen LogP contribution in [0.2, 0.25) is 0 Å². The van der Waals surface area contributed by atoms with E-state index in [0.29, 0.717) is 16.9 Å². The normalized spacial score (nSPS) is 10.1. The van der Waals surface area contributed by atoms with E-state index in [1.165, 1.54) is 6.20 Å². The van der Waals surface area contributed by atoms with Gasteiger partial charge in [0, 0.05) is 18.6 Å². The molecule has 0 bridgehead atoms. The maximum Gasteiger partial charge on any atom is 0.259 e. The second kappa shape index (κ2) is 5.45. The minimum Gasteiger partial charge on any atom is -0.323 e. The first-order chi connectivity index (χ1) is 9.13. The molecular weight excluding hydrogens is 242 g/mol. The van der Waals surface area contributed by atoms with E-state index >= 15 is 0 Å². The molecular formula is C13H15N5O. The van der Waals surface area contributed by atoms with Crippen LogP contribution in [-0.2, 0) is 0 Å². The van der Waals surface area contributed by atoms with Crippen LogP contribution in [0.4, 0.5) is 11.4 Å². The van der Waals surface area contributed by atoms with Crippen LogP contribution >= 0.6 is 0 Å². The third-order valence-electron chi connectivity index (χ3n) is 2.81. The monoisotopic (exact) mass is 257 g/mol. The molecule has 0 aliphatic heterocycles. The first kappa shape index (κ1) is 13.0. The lowest BCUT2D eigenvalue weighted by Gasteiger charge is -2.12. The number of hydrogen-bond acceptors (Lipinski definition) is 5. The second-order valence-corrected chi connectivity index (χ2v) is 4.11. The molecule has 0 aromatic carbocycles. The largest absolute Gasteiger partial charge is 0.323 e. The zero-order valence-corrected chi connectivity index (χ0v) is 10.8. The van der Waals surface area contributed by atoms with Crippen molar-refractivity contribution in [1.82, 2.24) is 9.97 Å². The fourth-order valence-electron chi connectivity index (χ4n) is 1.77. The standard InChI is InChI=1S/C13H15N5O/c1-8-3-6-16-9(2)12(8)17-13(19)10-7-15-5-4-11(10)18-14/h3-7H,14H2,1-2H3,(H,15,18)(H,17,19). The third kappa shape index (κ3) is 2.69. The average molecular weight is 257 g/mol. The molecule has 4 N–H and O–H groups in total. The molecule has 6 heteroatoms. The number of pyridine rings is 2. The number of nitrogens with zero attached hydrogens (tertiary/aromatic N) is 2. The number of nitrogen functional groups attached to an aromatic ring is 1. The van der Waals surface area contributed by atoms with Crippen LogP contribution in [0.15, 0.2) is 30.7 Å². The second-order valence-electron chi connectivity index (χ2n) is 4.11. The van der Waals surface area contributed by atoms with Gasteiger partial charge in [0.25, 0.3) is 5.91 Å². The fourth-order valence-corrected chi connectivity index (χ4v) is 1.77. The molecule has 2 rings (SSSR count). The number of carbonyl (C=O) groups is 1. The van der Waals surface area contributed by atoms with Crippen molar-refractivity contribution in [2.45, 2.75) is 13.8 Å². The summed E-state index contributed by atoms with van der Waals surface area (Å²) in [6.07, 6.45) is 4.73. The lowest BCUT2D eigenvalue weighted by atomic mass is 10.1. The van der Waals surface area contributed by atoms with E-state index < -0.39 is 0 Å². The molecule has 0 radical (unpaired) electrons. The van der Waals surface area contributed by atoms with Crippen LogP contribution in [0.25, 0.3) is 0 Å². The molecule has 98 valence electrons. The lowest BCUT2D eigenvalue weighted by molar-refractivity contribution is 0.102. The molecule has 0 aliphatic carbocycles. The van der Waals surface area contributed by atoms with Crippen molar-refractivity contribution >= 4 is 17.3 Å². The molecule has 2 aromatic heterocycles. The number of aromatic nitrogens is 2. The van der Waals surface area contributed by atoms with Crippen LogP contribution in [0, 0.1) is 13.8 Å². The molecule has 0 atom stereocenters. The number of rotatable bonds is 3. The van der Waals surface area contributed by atoms with Crippen molar-refractivity contribution in [1.29, 1.82) is 0 Å². The Balaban J connectivity index is 2.31. The number of carbonyl (C=O) groups excluding carboxylic acids is 1. The summed E-state index contributed by atoms with van der Waals surface area (Å²) in [5.41, 5.74) is 5.80. The maximum absolute atomic E-state index is 12.2. The smallest absolute Gasteiger partial charge is 0.259 e. The molecule has 0 spiro atoms. The summed E-state index contributed by atoms with van der Waals surface area (Å²) in [4.78, 5) is 20.3. The fraction of sp³-hybridized carbons (Fsp3) is 0.154. The van der Waals surface area contributed by atoms with E-state index in [1.807, 2.05) is 19.9 Å². The summed E-state index contributed by atoms with van der Waals surface area (Å²) in [5.74, 6) is 5.09. The van der Waals surface area contributed by atoms with Crippen LogP contribution in [0.3, 0.4) is 0 Å². The van der Waals surface area contributed by atoms with Gasteiger partial charge in [-0.1, -0.05) is 0 Å². The molecule has 0 saturated carbocycles. The molecule has 2 heterocycles. The summed E-state index contributed by atoms with van der Waals surface area (Å²) >= 11 is 0. The van der Waals surface area contributed by atoms with Crippen molar-refractivity contribution in [3.05, 3.63) is 47.5 Å². The SMILES string of the molecule is Cc1ccnc(C)c1NC(=O)c1cnccc1NN. The van der Waals surface area contributed by atoms with Crippen LogP contribution in [0.5, 0.6) is 0 Å². The van der Waals surface area contributed by atoms with E-state index in [1.54, 1.807) is 18.5 Å². The molecule has 19 heavy (non-hydrogen) atoms. The Kier molecular flexibility index (Phi) is 3.72. The van der Waals surface area contributed by atoms with Gasteiger partial charge in [0.15, 0.2) is 0 Å². The van der Waals surface area contributed by atoms with Crippen molar-refractivity contribution in [3.63, 3.8) is 0 Å². The van der Waals surface area contributed by atoms with Gasteiger partial charge in [-0.15, -0.1) is 0 Å². The molecule has 0 saturated heterocycles. The van der Waals surface area contributed by atoms with E-state index in [2.05, 4.69) is 20.7 Å². The number of nitrogens with two attached hydrogens (primary N) is 1. The summed E-state index contributed by atoms with van der Waals surface area (Å²) < 4.78 is 0. The molecule has 0 unspecified atom stereocenters. The van der Waals surface area contributed by atoms with Crippen molar-refractivity contribution in [2.24, 2.45) is 5.84 Å². The maximum atomic E-state index is 12.2. The van der Waals surface area contributed by atoms with Gasteiger partial charge in [-0.05, 0) is 31.5 Å². The number of aryl methyl sites for hydroxylation is 2. The zero-order chi connectivity index (χ0) is 13.8. The highest BCUT2D eigenvalue weighted by molar-refractivity contribution is 6.08. The zero-order valence-electron chi connectivity index (χ0n) is 10.8. The number of nitrogens with one attached hydrogen (secondary N) is 2. The average Bonchev–Trinajstić information content (AvgIpc) is 2.42. The van der Waals surface area contributed by atoms with Gasteiger partial charge >= 0.3 is 0 Å². The Bertz CT molecular complexity index is 591. The lowest BCUT2D eigenvalue weighted by Crippen LogP contribution is -2.18. The summed E-state index contributed by atoms with van der Waals surface area (Å²) in [6.45, 7) is 3.75. The summed E-state index contributed by atoms with van der Waals surface area (Å²) in [5, 5.41) is 2.83. The number of anilines is 2. The Morgan fingerprint density at radius 2 is 2.05 bits per heavy atom. The Labute approximate surface area is 111 Å². The Morgan fingerprint density at radius 1 is 1.26 bits per heavy atom. The van der Waals surface area contributed by atoms with Gasteiger partial charge < -0.3 is 10.7 Å². The quantitative estimate of drug-likeness (QED) is 0.574. The minimum atomic E-state index is -0.278. The van der Waals surface area contributed by atoms with Gasteiger partial charge in [0.2, 0.25) is 0 Å². The van der Waals surface area contributed by atoms with E-state index in [4.69, 9.17) is 5.84 Å². The summed E-state index contributed by atoms with van der Waals surface area (Å²) in [7, 11) is 0. The van der Waals surface area contributed by atoms with E-state index in [-0.39, 0.29) is 5.91 Å². The molecule has 1 amide bonds. The van der Waals surface area contributed by atoms with Crippen molar-refractivity contribution < 1.29 is 4.79 Å². The predicted octanol–water partition coefficient (Wildman–Crippen LogP) is 1.63. The van der Waals surface area contributed by atoms with Crippen LogP contribution in [-0.4, -0.2) is 15.9 Å². The Morgan fingerprint density at radius 3 is 2.74 bits per heavy atom. The molecule has 0 aliphatic rings.